The topological polar surface area (TPSA) is 94.8 Å². The van der Waals surface area contributed by atoms with Crippen molar-refractivity contribution in [2.24, 2.45) is 0 Å². The molecule has 0 amide bonds. The average Bonchev–Trinajstić information content (AvgIpc) is 2.00. The standard InChI is InChI=1S/C6H10O5/c1-3(8)5(10)6(11)4(9)2-7/h5-7,10-11H,2H2,1H3/t5-,6-/m1/s1. The zero-order valence-corrected chi connectivity index (χ0v) is 6.02. The van der Waals surface area contributed by atoms with Gasteiger partial charge in [0.15, 0.2) is 11.6 Å². The number of carbonyl (C=O) groups excluding carboxylic acids is 2. The van der Waals surface area contributed by atoms with Crippen LogP contribution in [-0.4, -0.2) is 45.7 Å². The third-order valence-corrected chi connectivity index (χ3v) is 1.20. The molecule has 0 aliphatic heterocycles. The Kier molecular flexibility index (Phi) is 3.88. The zero-order chi connectivity index (χ0) is 9.02. The molecule has 0 unspecified atom stereocenters. The first kappa shape index (κ1) is 10.2. The molecule has 0 spiro atoms. The minimum atomic E-state index is -1.81. The Morgan fingerprint density at radius 2 is 1.73 bits per heavy atom. The Morgan fingerprint density at radius 1 is 1.27 bits per heavy atom. The van der Waals surface area contributed by atoms with E-state index in [1.54, 1.807) is 0 Å². The highest BCUT2D eigenvalue weighted by atomic mass is 16.3. The molecule has 0 aliphatic carbocycles. The Hall–Kier alpha value is -0.780. The molecule has 0 radical (unpaired) electrons. The molecule has 11 heavy (non-hydrogen) atoms. The molecule has 0 saturated carbocycles. The summed E-state index contributed by atoms with van der Waals surface area (Å²) in [6, 6.07) is 0. The number of Topliss-reactive ketones (excluding diaryl/α,β-unsaturated/α-hetero) is 2. The largest absolute Gasteiger partial charge is 0.388 e. The summed E-state index contributed by atoms with van der Waals surface area (Å²) in [7, 11) is 0. The van der Waals surface area contributed by atoms with Gasteiger partial charge in [0.1, 0.15) is 18.8 Å². The molecule has 2 atom stereocenters. The second-order valence-corrected chi connectivity index (χ2v) is 2.12. The van der Waals surface area contributed by atoms with Crippen LogP contribution in [0.5, 0.6) is 0 Å². The van der Waals surface area contributed by atoms with Crippen LogP contribution in [0.15, 0.2) is 0 Å². The first-order valence-corrected chi connectivity index (χ1v) is 3.01. The van der Waals surface area contributed by atoms with Gasteiger partial charge in [-0.1, -0.05) is 0 Å². The number of hydrogen-bond acceptors (Lipinski definition) is 5. The van der Waals surface area contributed by atoms with E-state index in [1.807, 2.05) is 0 Å². The fourth-order valence-electron chi connectivity index (χ4n) is 0.492. The maximum absolute atomic E-state index is 10.4. The van der Waals surface area contributed by atoms with E-state index in [0.29, 0.717) is 0 Å². The van der Waals surface area contributed by atoms with Crippen molar-refractivity contribution in [2.45, 2.75) is 19.1 Å². The minimum Gasteiger partial charge on any atom is -0.388 e. The smallest absolute Gasteiger partial charge is 0.189 e. The van der Waals surface area contributed by atoms with Crippen LogP contribution in [0.3, 0.4) is 0 Å². The SMILES string of the molecule is CC(=O)[C@@H](O)[C@H](O)C(=O)CO. The van der Waals surface area contributed by atoms with E-state index in [9.17, 15) is 9.59 Å². The highest BCUT2D eigenvalue weighted by molar-refractivity contribution is 5.92. The van der Waals surface area contributed by atoms with Crippen LogP contribution in [0.4, 0.5) is 0 Å². The van der Waals surface area contributed by atoms with Crippen LogP contribution in [0, 0.1) is 0 Å². The van der Waals surface area contributed by atoms with Crippen molar-refractivity contribution in [3.8, 4) is 0 Å². The zero-order valence-electron chi connectivity index (χ0n) is 6.02. The highest BCUT2D eigenvalue weighted by Gasteiger charge is 2.26. The van der Waals surface area contributed by atoms with Crippen molar-refractivity contribution >= 4 is 11.6 Å². The fraction of sp³-hybridized carbons (Fsp3) is 0.667. The van der Waals surface area contributed by atoms with Gasteiger partial charge < -0.3 is 15.3 Å². The lowest BCUT2D eigenvalue weighted by molar-refractivity contribution is -0.143. The third kappa shape index (κ3) is 2.75. The van der Waals surface area contributed by atoms with Crippen molar-refractivity contribution in [1.29, 1.82) is 0 Å². The minimum absolute atomic E-state index is 0.709. The number of aliphatic hydroxyl groups excluding tert-OH is 3. The summed E-state index contributed by atoms with van der Waals surface area (Å²) in [5, 5.41) is 25.7. The van der Waals surface area contributed by atoms with Crippen molar-refractivity contribution in [1.82, 2.24) is 0 Å². The van der Waals surface area contributed by atoms with Gasteiger partial charge >= 0.3 is 0 Å². The van der Waals surface area contributed by atoms with Crippen molar-refractivity contribution in [3.05, 3.63) is 0 Å². The monoisotopic (exact) mass is 162 g/mol. The molecular weight excluding hydrogens is 152 g/mol. The molecule has 3 N–H and O–H groups in total. The van der Waals surface area contributed by atoms with Crippen molar-refractivity contribution < 1.29 is 24.9 Å². The van der Waals surface area contributed by atoms with E-state index in [1.165, 1.54) is 0 Å². The summed E-state index contributed by atoms with van der Waals surface area (Å²) in [5.41, 5.74) is 0. The van der Waals surface area contributed by atoms with Gasteiger partial charge in [-0.2, -0.15) is 0 Å². The van der Waals surface area contributed by atoms with Gasteiger partial charge in [0.25, 0.3) is 0 Å². The molecule has 0 aromatic carbocycles. The molecule has 5 nitrogen and oxygen atoms in total. The molecule has 0 saturated heterocycles. The van der Waals surface area contributed by atoms with E-state index in [-0.39, 0.29) is 0 Å². The van der Waals surface area contributed by atoms with Crippen molar-refractivity contribution in [3.63, 3.8) is 0 Å². The molecular formula is C6H10O5. The van der Waals surface area contributed by atoms with Crippen LogP contribution in [-0.2, 0) is 9.59 Å². The molecule has 0 fully saturated rings. The molecule has 5 heteroatoms. The van der Waals surface area contributed by atoms with Gasteiger partial charge in [-0.15, -0.1) is 0 Å². The summed E-state index contributed by atoms with van der Waals surface area (Å²) in [6.07, 6.45) is -3.54. The summed E-state index contributed by atoms with van der Waals surface area (Å²) >= 11 is 0. The molecule has 64 valence electrons. The van der Waals surface area contributed by atoms with Gasteiger partial charge in [0.05, 0.1) is 0 Å². The number of carbonyl (C=O) groups is 2. The quantitative estimate of drug-likeness (QED) is 0.438. The number of rotatable bonds is 4. The van der Waals surface area contributed by atoms with Crippen LogP contribution in [0.25, 0.3) is 0 Å². The van der Waals surface area contributed by atoms with E-state index in [0.717, 1.165) is 6.92 Å². The molecule has 0 bridgehead atoms. The van der Waals surface area contributed by atoms with Gasteiger partial charge in [-0.3, -0.25) is 9.59 Å². The van der Waals surface area contributed by atoms with Crippen LogP contribution >= 0.6 is 0 Å². The maximum atomic E-state index is 10.4. The second-order valence-electron chi connectivity index (χ2n) is 2.12. The van der Waals surface area contributed by atoms with Gasteiger partial charge in [0.2, 0.25) is 0 Å². The maximum Gasteiger partial charge on any atom is 0.189 e. The lowest BCUT2D eigenvalue weighted by atomic mass is 10.1. The summed E-state index contributed by atoms with van der Waals surface area (Å²) in [4.78, 5) is 20.8. The van der Waals surface area contributed by atoms with Crippen LogP contribution in [0.2, 0.25) is 0 Å². The van der Waals surface area contributed by atoms with E-state index in [4.69, 9.17) is 15.3 Å². The molecule has 0 heterocycles. The van der Waals surface area contributed by atoms with E-state index >= 15 is 0 Å². The summed E-state index contributed by atoms with van der Waals surface area (Å²) in [6.45, 7) is 0.157. The van der Waals surface area contributed by atoms with E-state index < -0.39 is 30.4 Å². The lowest BCUT2D eigenvalue weighted by Gasteiger charge is -2.11. The predicted octanol–water partition coefficient (Wildman–Crippen LogP) is -2.14. The number of aliphatic hydroxyl groups is 3. The Bertz CT molecular complexity index is 164. The number of ketones is 2. The van der Waals surface area contributed by atoms with Crippen LogP contribution < -0.4 is 0 Å². The van der Waals surface area contributed by atoms with Gasteiger partial charge in [-0.05, 0) is 6.92 Å². The van der Waals surface area contributed by atoms with Crippen LogP contribution in [0.1, 0.15) is 6.92 Å². The summed E-state index contributed by atoms with van der Waals surface area (Å²) in [5.74, 6) is -1.67. The average molecular weight is 162 g/mol. The molecule has 0 aromatic rings. The fourth-order valence-corrected chi connectivity index (χ4v) is 0.492. The lowest BCUT2D eigenvalue weighted by Crippen LogP contribution is -2.39. The Labute approximate surface area is 63.3 Å². The molecule has 0 aromatic heterocycles. The third-order valence-electron chi connectivity index (χ3n) is 1.20. The Morgan fingerprint density at radius 3 is 2.00 bits per heavy atom. The molecule has 0 aliphatic rings. The van der Waals surface area contributed by atoms with E-state index in [2.05, 4.69) is 0 Å². The number of hydrogen-bond donors (Lipinski definition) is 3. The summed E-state index contributed by atoms with van der Waals surface area (Å²) < 4.78 is 0. The van der Waals surface area contributed by atoms with Crippen molar-refractivity contribution in [2.75, 3.05) is 6.61 Å². The first-order valence-electron chi connectivity index (χ1n) is 3.01. The first-order chi connectivity index (χ1) is 5.00. The normalized spacial score (nSPS) is 15.6. The predicted molar refractivity (Wildman–Crippen MR) is 34.8 cm³/mol. The highest BCUT2D eigenvalue weighted by Crippen LogP contribution is 1.95. The second kappa shape index (κ2) is 4.17. The molecule has 0 rings (SSSR count). The van der Waals surface area contributed by atoms with Gasteiger partial charge in [-0.25, -0.2) is 0 Å². The Balaban J connectivity index is 4.12. The van der Waals surface area contributed by atoms with Gasteiger partial charge in [0, 0.05) is 0 Å².